The number of rotatable bonds is 8. The molecule has 2 aromatic carbocycles. The van der Waals surface area contributed by atoms with E-state index in [0.717, 1.165) is 11.1 Å². The van der Waals surface area contributed by atoms with Gasteiger partial charge in [0, 0.05) is 5.56 Å². The molecule has 0 radical (unpaired) electrons. The van der Waals surface area contributed by atoms with Gasteiger partial charge in [-0.2, -0.15) is 5.10 Å². The van der Waals surface area contributed by atoms with Crippen molar-refractivity contribution in [2.24, 2.45) is 5.10 Å². The maximum atomic E-state index is 11.8. The fourth-order valence-electron chi connectivity index (χ4n) is 2.62. The lowest BCUT2D eigenvalue weighted by molar-refractivity contribution is -0.123. The molecular weight excluding hydrogens is 384 g/mol. The fraction of sp³-hybridized carbons (Fsp3) is 0.174. The number of hydrogen-bond donors (Lipinski definition) is 1. The van der Waals surface area contributed by atoms with Crippen molar-refractivity contribution >= 4 is 18.1 Å². The predicted molar refractivity (Wildman–Crippen MR) is 113 cm³/mol. The Morgan fingerprint density at radius 1 is 1.10 bits per heavy atom. The van der Waals surface area contributed by atoms with E-state index >= 15 is 0 Å². The van der Waals surface area contributed by atoms with Gasteiger partial charge in [0.05, 0.1) is 18.4 Å². The maximum absolute atomic E-state index is 11.8. The molecule has 7 heteroatoms. The third kappa shape index (κ3) is 5.81. The minimum absolute atomic E-state index is 0.142. The number of esters is 1. The number of furan rings is 1. The zero-order valence-electron chi connectivity index (χ0n) is 16.8. The van der Waals surface area contributed by atoms with Crippen LogP contribution in [0, 0.1) is 6.92 Å². The molecule has 30 heavy (non-hydrogen) atoms. The Morgan fingerprint density at radius 3 is 2.63 bits per heavy atom. The minimum Gasteiger partial charge on any atom is -0.484 e. The highest BCUT2D eigenvalue weighted by molar-refractivity contribution is 5.90. The summed E-state index contributed by atoms with van der Waals surface area (Å²) < 4.78 is 16.1. The lowest BCUT2D eigenvalue weighted by Gasteiger charge is -2.05. The third-order valence-electron chi connectivity index (χ3n) is 4.05. The predicted octanol–water partition coefficient (Wildman–Crippen LogP) is 3.96. The van der Waals surface area contributed by atoms with Gasteiger partial charge in [0.1, 0.15) is 17.3 Å². The van der Waals surface area contributed by atoms with E-state index in [4.69, 9.17) is 13.9 Å². The number of ether oxygens (including phenoxy) is 2. The van der Waals surface area contributed by atoms with Gasteiger partial charge >= 0.3 is 5.97 Å². The molecule has 0 bridgehead atoms. The van der Waals surface area contributed by atoms with Gasteiger partial charge in [-0.05, 0) is 55.8 Å². The minimum atomic E-state index is -0.380. The van der Waals surface area contributed by atoms with Crippen LogP contribution >= 0.6 is 0 Å². The first-order valence-corrected chi connectivity index (χ1v) is 9.44. The average molecular weight is 406 g/mol. The second-order valence-corrected chi connectivity index (χ2v) is 6.40. The lowest BCUT2D eigenvalue weighted by Crippen LogP contribution is -2.24. The van der Waals surface area contributed by atoms with Crippen LogP contribution in [0.15, 0.2) is 70.2 Å². The van der Waals surface area contributed by atoms with E-state index in [9.17, 15) is 9.59 Å². The van der Waals surface area contributed by atoms with E-state index in [1.807, 2.05) is 25.1 Å². The summed E-state index contributed by atoms with van der Waals surface area (Å²) in [6.07, 6.45) is 1.40. The monoisotopic (exact) mass is 406 g/mol. The molecule has 1 N–H and O–H groups in total. The SMILES string of the molecule is CCOC(=O)c1ccc(-c2ccc(/C=N\NC(=O)COc3cccc(C)c3)o2)cc1. The van der Waals surface area contributed by atoms with Crippen LogP contribution in [0.1, 0.15) is 28.6 Å². The molecule has 0 atom stereocenters. The highest BCUT2D eigenvalue weighted by atomic mass is 16.5. The summed E-state index contributed by atoms with van der Waals surface area (Å²) in [6, 6.07) is 17.9. The summed E-state index contributed by atoms with van der Waals surface area (Å²) >= 11 is 0. The molecule has 1 amide bonds. The Bertz CT molecular complexity index is 1040. The Morgan fingerprint density at radius 2 is 1.90 bits per heavy atom. The Labute approximate surface area is 174 Å². The molecule has 3 rings (SSSR count). The number of carbonyl (C=O) groups is 2. The molecule has 0 aliphatic heterocycles. The van der Waals surface area contributed by atoms with E-state index in [-0.39, 0.29) is 18.5 Å². The summed E-state index contributed by atoms with van der Waals surface area (Å²) in [5, 5.41) is 3.88. The second kappa shape index (κ2) is 10.1. The molecule has 7 nitrogen and oxygen atoms in total. The summed E-state index contributed by atoms with van der Waals surface area (Å²) in [4.78, 5) is 23.5. The molecule has 0 aliphatic rings. The highest BCUT2D eigenvalue weighted by Crippen LogP contribution is 2.22. The van der Waals surface area contributed by atoms with Crippen molar-refractivity contribution in [1.29, 1.82) is 0 Å². The van der Waals surface area contributed by atoms with E-state index in [2.05, 4.69) is 10.5 Å². The zero-order chi connectivity index (χ0) is 21.3. The van der Waals surface area contributed by atoms with Gasteiger partial charge in [-0.1, -0.05) is 24.3 Å². The highest BCUT2D eigenvalue weighted by Gasteiger charge is 2.08. The van der Waals surface area contributed by atoms with Crippen molar-refractivity contribution in [3.63, 3.8) is 0 Å². The Balaban J connectivity index is 1.51. The number of carbonyl (C=O) groups excluding carboxylic acids is 2. The Kier molecular flexibility index (Phi) is 7.00. The second-order valence-electron chi connectivity index (χ2n) is 6.40. The van der Waals surface area contributed by atoms with Crippen molar-refractivity contribution in [3.05, 3.63) is 77.6 Å². The van der Waals surface area contributed by atoms with Crippen LogP contribution in [-0.4, -0.2) is 31.3 Å². The topological polar surface area (TPSA) is 90.1 Å². The number of nitrogens with zero attached hydrogens (tertiary/aromatic N) is 1. The molecular formula is C23H22N2O5. The van der Waals surface area contributed by atoms with Crippen molar-refractivity contribution in [3.8, 4) is 17.1 Å². The van der Waals surface area contributed by atoms with Crippen molar-refractivity contribution in [2.75, 3.05) is 13.2 Å². The molecule has 1 heterocycles. The maximum Gasteiger partial charge on any atom is 0.338 e. The number of aryl methyl sites for hydroxylation is 1. The number of benzene rings is 2. The van der Waals surface area contributed by atoms with Crippen LogP contribution in [0.5, 0.6) is 5.75 Å². The van der Waals surface area contributed by atoms with Gasteiger partial charge in [0.2, 0.25) is 0 Å². The van der Waals surface area contributed by atoms with Crippen molar-refractivity contribution in [2.45, 2.75) is 13.8 Å². The first-order valence-electron chi connectivity index (χ1n) is 9.44. The van der Waals surface area contributed by atoms with Crippen LogP contribution in [-0.2, 0) is 9.53 Å². The number of hydrazone groups is 1. The summed E-state index contributed by atoms with van der Waals surface area (Å²) in [5.74, 6) is 0.964. The summed E-state index contributed by atoms with van der Waals surface area (Å²) in [6.45, 7) is 3.90. The largest absolute Gasteiger partial charge is 0.484 e. The van der Waals surface area contributed by atoms with Gasteiger partial charge < -0.3 is 13.9 Å². The lowest BCUT2D eigenvalue weighted by atomic mass is 10.1. The van der Waals surface area contributed by atoms with E-state index in [1.54, 1.807) is 49.4 Å². The zero-order valence-corrected chi connectivity index (χ0v) is 16.8. The molecule has 0 saturated carbocycles. The van der Waals surface area contributed by atoms with Crippen molar-refractivity contribution in [1.82, 2.24) is 5.43 Å². The first-order chi connectivity index (χ1) is 14.5. The molecule has 1 aromatic heterocycles. The molecule has 0 saturated heterocycles. The average Bonchev–Trinajstić information content (AvgIpc) is 3.21. The quantitative estimate of drug-likeness (QED) is 0.347. The fourth-order valence-corrected chi connectivity index (χ4v) is 2.62. The van der Waals surface area contributed by atoms with Gasteiger partial charge in [0.15, 0.2) is 6.61 Å². The van der Waals surface area contributed by atoms with E-state index < -0.39 is 0 Å². The standard InChI is InChI=1S/C23H22N2O5/c1-3-28-23(27)18-9-7-17(8-10-18)21-12-11-20(30-21)14-24-25-22(26)15-29-19-6-4-5-16(2)13-19/h4-14H,3,15H2,1-2H3,(H,25,26)/b24-14-. The number of hydrogen-bond acceptors (Lipinski definition) is 6. The van der Waals surface area contributed by atoms with Gasteiger partial charge in [-0.3, -0.25) is 4.79 Å². The molecule has 154 valence electrons. The van der Waals surface area contributed by atoms with Crippen LogP contribution in [0.3, 0.4) is 0 Å². The van der Waals surface area contributed by atoms with Gasteiger partial charge in [-0.15, -0.1) is 0 Å². The molecule has 0 aliphatic carbocycles. The van der Waals surface area contributed by atoms with Crippen molar-refractivity contribution < 1.29 is 23.5 Å². The van der Waals surface area contributed by atoms with Gasteiger partial charge in [-0.25, -0.2) is 10.2 Å². The van der Waals surface area contributed by atoms with Crippen LogP contribution in [0.2, 0.25) is 0 Å². The van der Waals surface area contributed by atoms with Crippen LogP contribution in [0.4, 0.5) is 0 Å². The normalized spacial score (nSPS) is 10.7. The Hall–Kier alpha value is -3.87. The number of amides is 1. The summed E-state index contributed by atoms with van der Waals surface area (Å²) in [7, 11) is 0. The molecule has 3 aromatic rings. The number of nitrogens with one attached hydrogen (secondary N) is 1. The van der Waals surface area contributed by atoms with E-state index in [0.29, 0.717) is 29.4 Å². The van der Waals surface area contributed by atoms with E-state index in [1.165, 1.54) is 6.21 Å². The third-order valence-corrected chi connectivity index (χ3v) is 4.05. The van der Waals surface area contributed by atoms with Crippen LogP contribution in [0.25, 0.3) is 11.3 Å². The molecule has 0 fully saturated rings. The first kappa shape index (κ1) is 20.9. The summed E-state index contributed by atoms with van der Waals surface area (Å²) in [5.41, 5.74) is 4.72. The smallest absolute Gasteiger partial charge is 0.338 e. The molecule has 0 spiro atoms. The van der Waals surface area contributed by atoms with Gasteiger partial charge in [0.25, 0.3) is 5.91 Å². The molecule has 0 unspecified atom stereocenters. The van der Waals surface area contributed by atoms with Crippen LogP contribution < -0.4 is 10.2 Å².